The van der Waals surface area contributed by atoms with Gasteiger partial charge in [0, 0.05) is 24.0 Å². The molecule has 9 heteroatoms. The van der Waals surface area contributed by atoms with Crippen molar-refractivity contribution in [3.8, 4) is 0 Å². The summed E-state index contributed by atoms with van der Waals surface area (Å²) in [5.41, 5.74) is -0.548. The van der Waals surface area contributed by atoms with E-state index in [9.17, 15) is 19.5 Å². The van der Waals surface area contributed by atoms with Crippen LogP contribution in [0.4, 0.5) is 4.79 Å². The summed E-state index contributed by atoms with van der Waals surface area (Å²) >= 11 is 0. The van der Waals surface area contributed by atoms with Gasteiger partial charge < -0.3 is 30.5 Å². The van der Waals surface area contributed by atoms with Crippen molar-refractivity contribution in [2.75, 3.05) is 13.2 Å². The van der Waals surface area contributed by atoms with Gasteiger partial charge in [-0.05, 0) is 51.9 Å². The number of amides is 3. The molecule has 238 valence electrons. The van der Waals surface area contributed by atoms with Crippen LogP contribution in [0.5, 0.6) is 0 Å². The Balaban J connectivity index is 1.91. The zero-order chi connectivity index (χ0) is 30.6. The van der Waals surface area contributed by atoms with Crippen LogP contribution in [0.2, 0.25) is 0 Å². The predicted octanol–water partition coefficient (Wildman–Crippen LogP) is 6.00. The average Bonchev–Trinajstić information content (AvgIpc) is 3.10. The number of urea groups is 1. The lowest BCUT2D eigenvalue weighted by Crippen LogP contribution is -2.57. The standard InChI is InChI=1S/C32H59N3O6/c1-22(2)16-12-9-8-10-13-17-23(3)34-30(39)35-26-19-15-11-14-18-24(26)25(29(37)38)20-33-28(36)27-31(4,5)21-40-32(6,7)41-27/h22-27H,8-21H2,1-7H3,(H,33,36)(H,37,38)(H2,34,35,39). The zero-order valence-corrected chi connectivity index (χ0v) is 26.9. The molecule has 5 atom stereocenters. The highest BCUT2D eigenvalue weighted by atomic mass is 16.7. The number of hydrogen-bond donors (Lipinski definition) is 4. The number of rotatable bonds is 15. The highest BCUT2D eigenvalue weighted by molar-refractivity contribution is 5.82. The van der Waals surface area contributed by atoms with Gasteiger partial charge >= 0.3 is 12.0 Å². The van der Waals surface area contributed by atoms with Crippen LogP contribution in [0.15, 0.2) is 0 Å². The van der Waals surface area contributed by atoms with E-state index in [1.807, 2.05) is 20.8 Å². The molecule has 1 aliphatic carbocycles. The molecule has 1 saturated carbocycles. The highest BCUT2D eigenvalue weighted by Crippen LogP contribution is 2.35. The molecule has 3 amide bonds. The highest BCUT2D eigenvalue weighted by Gasteiger charge is 2.46. The van der Waals surface area contributed by atoms with E-state index in [0.717, 1.165) is 44.4 Å². The summed E-state index contributed by atoms with van der Waals surface area (Å²) in [6.45, 7) is 14.3. The van der Waals surface area contributed by atoms with Crippen molar-refractivity contribution in [3.05, 3.63) is 0 Å². The maximum absolute atomic E-state index is 13.2. The van der Waals surface area contributed by atoms with Crippen molar-refractivity contribution < 1.29 is 29.0 Å². The third kappa shape index (κ3) is 12.5. The Hall–Kier alpha value is -1.87. The molecule has 2 aliphatic rings. The van der Waals surface area contributed by atoms with Gasteiger partial charge in [-0.1, -0.05) is 85.5 Å². The third-order valence-corrected chi connectivity index (χ3v) is 8.65. The topological polar surface area (TPSA) is 126 Å². The van der Waals surface area contributed by atoms with Crippen LogP contribution in [0.1, 0.15) is 126 Å². The zero-order valence-electron chi connectivity index (χ0n) is 26.9. The third-order valence-electron chi connectivity index (χ3n) is 8.65. The number of carbonyl (C=O) groups is 3. The molecule has 0 spiro atoms. The van der Waals surface area contributed by atoms with Gasteiger partial charge in [0.1, 0.15) is 6.10 Å². The smallest absolute Gasteiger partial charge is 0.315 e. The molecule has 2 rings (SSSR count). The largest absolute Gasteiger partial charge is 0.481 e. The summed E-state index contributed by atoms with van der Waals surface area (Å²) < 4.78 is 11.7. The fourth-order valence-electron chi connectivity index (χ4n) is 6.08. The Labute approximate surface area is 248 Å². The summed E-state index contributed by atoms with van der Waals surface area (Å²) in [7, 11) is 0. The molecule has 5 unspecified atom stereocenters. The van der Waals surface area contributed by atoms with Crippen LogP contribution in [0.3, 0.4) is 0 Å². The number of carbonyl (C=O) groups excluding carboxylic acids is 2. The number of hydrogen-bond acceptors (Lipinski definition) is 5. The van der Waals surface area contributed by atoms with E-state index < -0.39 is 29.2 Å². The van der Waals surface area contributed by atoms with Gasteiger partial charge in [0.15, 0.2) is 5.79 Å². The lowest BCUT2D eigenvalue weighted by molar-refractivity contribution is -0.304. The van der Waals surface area contributed by atoms with Crippen LogP contribution < -0.4 is 16.0 Å². The van der Waals surface area contributed by atoms with Gasteiger partial charge in [-0.15, -0.1) is 0 Å². The van der Waals surface area contributed by atoms with Crippen molar-refractivity contribution in [2.24, 2.45) is 23.2 Å². The maximum Gasteiger partial charge on any atom is 0.315 e. The Morgan fingerprint density at radius 2 is 1.54 bits per heavy atom. The van der Waals surface area contributed by atoms with Gasteiger partial charge in [0.2, 0.25) is 5.91 Å². The molecular formula is C32H59N3O6. The molecule has 0 bridgehead atoms. The fourth-order valence-corrected chi connectivity index (χ4v) is 6.08. The van der Waals surface area contributed by atoms with Crippen molar-refractivity contribution in [2.45, 2.75) is 149 Å². The van der Waals surface area contributed by atoms with Crippen LogP contribution >= 0.6 is 0 Å². The van der Waals surface area contributed by atoms with E-state index in [4.69, 9.17) is 9.47 Å². The van der Waals surface area contributed by atoms with Crippen molar-refractivity contribution in [1.29, 1.82) is 0 Å². The summed E-state index contributed by atoms with van der Waals surface area (Å²) in [4.78, 5) is 38.6. The second-order valence-corrected chi connectivity index (χ2v) is 14.0. The second-order valence-electron chi connectivity index (χ2n) is 14.0. The van der Waals surface area contributed by atoms with Crippen LogP contribution in [-0.4, -0.2) is 60.1 Å². The molecule has 4 N–H and O–H groups in total. The molecule has 1 saturated heterocycles. The molecule has 9 nitrogen and oxygen atoms in total. The second kappa shape index (κ2) is 16.7. The molecule has 41 heavy (non-hydrogen) atoms. The Kier molecular flexibility index (Phi) is 14.4. The molecule has 0 radical (unpaired) electrons. The summed E-state index contributed by atoms with van der Waals surface area (Å²) in [6.07, 6.45) is 11.8. The quantitative estimate of drug-likeness (QED) is 0.139. The van der Waals surface area contributed by atoms with Crippen molar-refractivity contribution >= 4 is 17.9 Å². The minimum Gasteiger partial charge on any atom is -0.481 e. The molecule has 0 aromatic rings. The molecule has 0 aromatic carbocycles. The Bertz CT molecular complexity index is 830. The summed E-state index contributed by atoms with van der Waals surface area (Å²) in [6, 6.07) is -0.450. The first-order chi connectivity index (χ1) is 19.2. The number of nitrogens with one attached hydrogen (secondary N) is 3. The van der Waals surface area contributed by atoms with E-state index in [1.165, 1.54) is 32.1 Å². The van der Waals surface area contributed by atoms with E-state index in [1.54, 1.807) is 13.8 Å². The lowest BCUT2D eigenvalue weighted by Gasteiger charge is -2.44. The van der Waals surface area contributed by atoms with E-state index in [2.05, 4.69) is 29.8 Å². The minimum atomic E-state index is -0.960. The summed E-state index contributed by atoms with van der Waals surface area (Å²) in [5, 5.41) is 19.2. The number of unbranched alkanes of at least 4 members (excludes halogenated alkanes) is 4. The Morgan fingerprint density at radius 1 is 0.902 bits per heavy atom. The Morgan fingerprint density at radius 3 is 2.20 bits per heavy atom. The van der Waals surface area contributed by atoms with Gasteiger partial charge in [0.05, 0.1) is 12.5 Å². The molecule has 0 aromatic heterocycles. The van der Waals surface area contributed by atoms with Crippen molar-refractivity contribution in [3.63, 3.8) is 0 Å². The molecule has 1 heterocycles. The molecular weight excluding hydrogens is 522 g/mol. The van der Waals surface area contributed by atoms with Crippen LogP contribution in [0.25, 0.3) is 0 Å². The predicted molar refractivity (Wildman–Crippen MR) is 161 cm³/mol. The first kappa shape index (κ1) is 35.3. The van der Waals surface area contributed by atoms with E-state index in [-0.39, 0.29) is 36.5 Å². The van der Waals surface area contributed by atoms with Crippen molar-refractivity contribution in [1.82, 2.24) is 16.0 Å². The average molecular weight is 582 g/mol. The minimum absolute atomic E-state index is 0.0105. The van der Waals surface area contributed by atoms with Gasteiger partial charge in [-0.3, -0.25) is 9.59 Å². The molecule has 2 fully saturated rings. The lowest BCUT2D eigenvalue weighted by atomic mass is 9.82. The monoisotopic (exact) mass is 581 g/mol. The number of aliphatic carboxylic acids is 1. The van der Waals surface area contributed by atoms with Gasteiger partial charge in [-0.2, -0.15) is 0 Å². The van der Waals surface area contributed by atoms with Gasteiger partial charge in [0.25, 0.3) is 0 Å². The van der Waals surface area contributed by atoms with E-state index >= 15 is 0 Å². The van der Waals surface area contributed by atoms with Gasteiger partial charge in [-0.25, -0.2) is 4.79 Å². The SMILES string of the molecule is CC(C)CCCCCCCC(C)NC(=O)NC1CCCCCC1C(CNC(=O)C1OC(C)(C)OCC1(C)C)C(=O)O. The normalized spacial score (nSPS) is 25.5. The fraction of sp³-hybridized carbons (Fsp3) is 0.906. The van der Waals surface area contributed by atoms with Crippen LogP contribution in [-0.2, 0) is 19.1 Å². The summed E-state index contributed by atoms with van der Waals surface area (Å²) in [5.74, 6) is -2.51. The molecule has 1 aliphatic heterocycles. The first-order valence-electron chi connectivity index (χ1n) is 16.1. The first-order valence-corrected chi connectivity index (χ1v) is 16.1. The number of carboxylic acid groups (broad SMARTS) is 1. The van der Waals surface area contributed by atoms with E-state index in [0.29, 0.717) is 13.0 Å². The van der Waals surface area contributed by atoms with Crippen LogP contribution in [0, 0.1) is 23.2 Å². The maximum atomic E-state index is 13.2. The number of carboxylic acids is 1. The number of ether oxygens (including phenoxy) is 2.